The summed E-state index contributed by atoms with van der Waals surface area (Å²) in [6, 6.07) is 4.90. The van der Waals surface area contributed by atoms with Crippen molar-refractivity contribution in [2.75, 3.05) is 49.2 Å². The van der Waals surface area contributed by atoms with E-state index in [1.807, 2.05) is 6.07 Å². The average molecular weight is 466 g/mol. The van der Waals surface area contributed by atoms with Gasteiger partial charge in [-0.25, -0.2) is 9.97 Å². The summed E-state index contributed by atoms with van der Waals surface area (Å²) in [6.07, 6.45) is -2.74. The minimum absolute atomic E-state index is 0.00407. The van der Waals surface area contributed by atoms with Gasteiger partial charge in [-0.1, -0.05) is 0 Å². The fourth-order valence-electron chi connectivity index (χ4n) is 3.70. The van der Waals surface area contributed by atoms with Crippen LogP contribution in [0.4, 0.5) is 30.4 Å². The van der Waals surface area contributed by atoms with Crippen LogP contribution in [0.5, 0.6) is 0 Å². The van der Waals surface area contributed by atoms with Crippen molar-refractivity contribution in [1.82, 2.24) is 19.9 Å². The number of fused-ring (bicyclic) bond motifs is 1. The van der Waals surface area contributed by atoms with E-state index >= 15 is 0 Å². The summed E-state index contributed by atoms with van der Waals surface area (Å²) in [5, 5.41) is 3.79. The van der Waals surface area contributed by atoms with E-state index in [0.717, 1.165) is 44.0 Å². The van der Waals surface area contributed by atoms with Crippen LogP contribution in [-0.4, -0.2) is 53.1 Å². The highest BCUT2D eigenvalue weighted by Crippen LogP contribution is 2.34. The zero-order valence-electron chi connectivity index (χ0n) is 17.6. The number of anilines is 3. The Morgan fingerprint density at radius 2 is 1.81 bits per heavy atom. The molecule has 1 fully saturated rings. The number of nitrogens with two attached hydrogens (primary N) is 1. The zero-order chi connectivity index (χ0) is 23.0. The second-order valence-corrected chi connectivity index (χ2v) is 8.29. The number of nitrogens with zero attached hydrogens (tertiary/aromatic N) is 5. The number of hydrogen-bond donors (Lipinski definition) is 2. The molecule has 0 radical (unpaired) electrons. The first-order valence-corrected chi connectivity index (χ1v) is 10.5. The van der Waals surface area contributed by atoms with Gasteiger partial charge in [-0.05, 0) is 55.4 Å². The minimum atomic E-state index is -4.49. The number of rotatable bonds is 4. The smallest absolute Gasteiger partial charge is 0.399 e. The van der Waals surface area contributed by atoms with Gasteiger partial charge in [0.25, 0.3) is 0 Å². The molecule has 0 saturated carbocycles. The van der Waals surface area contributed by atoms with Gasteiger partial charge in [0, 0.05) is 31.9 Å². The quantitative estimate of drug-likeness (QED) is 0.441. The van der Waals surface area contributed by atoms with Gasteiger partial charge < -0.3 is 20.9 Å². The molecule has 170 valence electrons. The molecule has 11 heteroatoms. The van der Waals surface area contributed by atoms with Crippen molar-refractivity contribution in [2.24, 2.45) is 0 Å². The lowest BCUT2D eigenvalue weighted by Crippen LogP contribution is -2.44. The molecule has 1 aliphatic rings. The van der Waals surface area contributed by atoms with Gasteiger partial charge in [-0.15, -0.1) is 0 Å². The Kier molecular flexibility index (Phi) is 6.00. The summed E-state index contributed by atoms with van der Waals surface area (Å²) in [7, 11) is 2.08. The van der Waals surface area contributed by atoms with Crippen LogP contribution in [-0.2, 0) is 6.18 Å². The van der Waals surface area contributed by atoms with Crippen LogP contribution >= 0.6 is 11.6 Å². The van der Waals surface area contributed by atoms with E-state index in [0.29, 0.717) is 22.4 Å². The summed E-state index contributed by atoms with van der Waals surface area (Å²) in [6.45, 7) is 5.33. The fraction of sp³-hybridized carbons (Fsp3) is 0.381. The number of likely N-dealkylation sites (N-methyl/N-ethyl adjacent to an activating group) is 1. The molecule has 1 saturated heterocycles. The van der Waals surface area contributed by atoms with Crippen molar-refractivity contribution in [2.45, 2.75) is 19.1 Å². The maximum Gasteiger partial charge on any atom is 0.416 e. The Labute approximate surface area is 188 Å². The predicted molar refractivity (Wildman–Crippen MR) is 120 cm³/mol. The molecule has 1 atom stereocenters. The van der Waals surface area contributed by atoms with E-state index in [2.05, 4.69) is 37.1 Å². The third kappa shape index (κ3) is 4.81. The van der Waals surface area contributed by atoms with Gasteiger partial charge in [0.2, 0.25) is 5.28 Å². The lowest BCUT2D eigenvalue weighted by molar-refractivity contribution is -0.137. The highest BCUT2D eigenvalue weighted by molar-refractivity contribution is 6.28. The molecule has 4 rings (SSSR count). The minimum Gasteiger partial charge on any atom is -0.399 e. The predicted octanol–water partition coefficient (Wildman–Crippen LogP) is 4.20. The second kappa shape index (κ2) is 8.59. The molecular formula is C21H23ClF3N7. The molecule has 3 N–H and O–H groups in total. The summed E-state index contributed by atoms with van der Waals surface area (Å²) in [5.74, 6) is 0.395. The number of aromatic nitrogens is 3. The van der Waals surface area contributed by atoms with Gasteiger partial charge in [0.15, 0.2) is 5.65 Å². The first kappa shape index (κ1) is 22.3. The van der Waals surface area contributed by atoms with Crippen LogP contribution in [0.1, 0.15) is 24.1 Å². The van der Waals surface area contributed by atoms with Gasteiger partial charge in [-0.3, -0.25) is 0 Å². The molecule has 0 spiro atoms. The molecule has 0 aliphatic carbocycles. The zero-order valence-corrected chi connectivity index (χ0v) is 18.4. The van der Waals surface area contributed by atoms with Crippen LogP contribution in [0.15, 0.2) is 30.5 Å². The standard InChI is InChI=1S/C21H23ClF3N7/c1-12(13-7-14(21(23,24)25)9-15(26)8-13)28-19-17-10-16(32-5-3-31(2)4-6-32)11-27-18(17)29-20(22)30-19/h7-12H,3-6,26H2,1-2H3,(H,27,28,29,30). The van der Waals surface area contributed by atoms with Crippen LogP contribution in [0.3, 0.4) is 0 Å². The summed E-state index contributed by atoms with van der Waals surface area (Å²) in [5.41, 5.74) is 6.66. The molecule has 1 aliphatic heterocycles. The van der Waals surface area contributed by atoms with Crippen molar-refractivity contribution in [1.29, 1.82) is 0 Å². The fourth-order valence-corrected chi connectivity index (χ4v) is 3.87. The number of piperazine rings is 1. The molecule has 3 heterocycles. The number of nitrogen functional groups attached to an aromatic ring is 1. The molecular weight excluding hydrogens is 443 g/mol. The summed E-state index contributed by atoms with van der Waals surface area (Å²) < 4.78 is 39.6. The van der Waals surface area contributed by atoms with Crippen molar-refractivity contribution < 1.29 is 13.2 Å². The monoisotopic (exact) mass is 465 g/mol. The first-order chi connectivity index (χ1) is 15.1. The number of pyridine rings is 1. The van der Waals surface area contributed by atoms with Crippen molar-refractivity contribution in [3.05, 3.63) is 46.9 Å². The number of nitrogens with one attached hydrogen (secondary N) is 1. The Morgan fingerprint density at radius 1 is 1.09 bits per heavy atom. The topological polar surface area (TPSA) is 83.2 Å². The van der Waals surface area contributed by atoms with E-state index in [9.17, 15) is 13.2 Å². The van der Waals surface area contributed by atoms with Crippen LogP contribution in [0.25, 0.3) is 11.0 Å². The summed E-state index contributed by atoms with van der Waals surface area (Å²) >= 11 is 6.08. The van der Waals surface area contributed by atoms with Gasteiger partial charge >= 0.3 is 6.18 Å². The Balaban J connectivity index is 1.68. The largest absolute Gasteiger partial charge is 0.416 e. The number of hydrogen-bond acceptors (Lipinski definition) is 7. The third-order valence-corrected chi connectivity index (χ3v) is 5.71. The van der Waals surface area contributed by atoms with Crippen LogP contribution in [0.2, 0.25) is 5.28 Å². The summed E-state index contributed by atoms with van der Waals surface area (Å²) in [4.78, 5) is 17.4. The van der Waals surface area contributed by atoms with Gasteiger partial charge in [-0.2, -0.15) is 18.2 Å². The van der Waals surface area contributed by atoms with Crippen LogP contribution in [0, 0.1) is 0 Å². The van der Waals surface area contributed by atoms with Crippen molar-refractivity contribution >= 4 is 39.8 Å². The highest BCUT2D eigenvalue weighted by Gasteiger charge is 2.31. The van der Waals surface area contributed by atoms with E-state index < -0.39 is 17.8 Å². The SMILES string of the molecule is CC(Nc1nc(Cl)nc2ncc(N3CCN(C)CC3)cc12)c1cc(N)cc(C(F)(F)F)c1. The van der Waals surface area contributed by atoms with Crippen molar-refractivity contribution in [3.63, 3.8) is 0 Å². The van der Waals surface area contributed by atoms with Gasteiger partial charge in [0.05, 0.1) is 28.9 Å². The average Bonchev–Trinajstić information content (AvgIpc) is 2.73. The van der Waals surface area contributed by atoms with E-state index in [4.69, 9.17) is 17.3 Å². The van der Waals surface area contributed by atoms with Crippen LogP contribution < -0.4 is 16.0 Å². The number of halogens is 4. The molecule has 7 nitrogen and oxygen atoms in total. The molecule has 2 aromatic heterocycles. The maximum atomic E-state index is 13.2. The van der Waals surface area contributed by atoms with Crippen molar-refractivity contribution in [3.8, 4) is 0 Å². The third-order valence-electron chi connectivity index (χ3n) is 5.54. The molecule has 32 heavy (non-hydrogen) atoms. The highest BCUT2D eigenvalue weighted by atomic mass is 35.5. The second-order valence-electron chi connectivity index (χ2n) is 7.95. The Morgan fingerprint density at radius 3 is 2.50 bits per heavy atom. The maximum absolute atomic E-state index is 13.2. The van der Waals surface area contributed by atoms with E-state index in [1.165, 1.54) is 6.07 Å². The van der Waals surface area contributed by atoms with E-state index in [1.54, 1.807) is 13.1 Å². The molecule has 3 aromatic rings. The van der Waals surface area contributed by atoms with Gasteiger partial charge in [0.1, 0.15) is 5.82 Å². The number of benzene rings is 1. The Bertz CT molecular complexity index is 1130. The van der Waals surface area contributed by atoms with E-state index in [-0.39, 0.29) is 11.0 Å². The lowest BCUT2D eigenvalue weighted by atomic mass is 10.0. The molecule has 0 amide bonds. The molecule has 1 unspecified atom stereocenters. The lowest BCUT2D eigenvalue weighted by Gasteiger charge is -2.33. The molecule has 0 bridgehead atoms. The Hall–Kier alpha value is -2.85. The number of alkyl halides is 3. The first-order valence-electron chi connectivity index (χ1n) is 10.1. The molecule has 1 aromatic carbocycles. The normalized spacial score (nSPS) is 16.4.